The van der Waals surface area contributed by atoms with Gasteiger partial charge in [0, 0.05) is 16.5 Å². The lowest BCUT2D eigenvalue weighted by Gasteiger charge is -2.16. The number of anilines is 1. The molecule has 1 aromatic heterocycles. The summed E-state index contributed by atoms with van der Waals surface area (Å²) in [6.45, 7) is 0. The van der Waals surface area contributed by atoms with E-state index >= 15 is 0 Å². The second kappa shape index (κ2) is 8.57. The van der Waals surface area contributed by atoms with E-state index in [1.807, 2.05) is 41.8 Å². The average Bonchev–Trinajstić information content (AvgIpc) is 3.26. The second-order valence-electron chi connectivity index (χ2n) is 7.66. The van der Waals surface area contributed by atoms with Crippen molar-refractivity contribution in [1.29, 1.82) is 0 Å². The number of carbonyl (C=O) groups is 1. The lowest BCUT2D eigenvalue weighted by Crippen LogP contribution is -2.34. The van der Waals surface area contributed by atoms with E-state index in [1.54, 1.807) is 6.07 Å². The van der Waals surface area contributed by atoms with Crippen molar-refractivity contribution in [3.63, 3.8) is 0 Å². The van der Waals surface area contributed by atoms with Gasteiger partial charge in [0.2, 0.25) is 0 Å². The number of carbonyl (C=O) groups excluding carboxylic acids is 1. The summed E-state index contributed by atoms with van der Waals surface area (Å²) in [6.07, 6.45) is 4.84. The molecule has 6 heteroatoms. The van der Waals surface area contributed by atoms with Crippen molar-refractivity contribution < 1.29 is 4.79 Å². The fourth-order valence-corrected chi connectivity index (χ4v) is 5.06. The van der Waals surface area contributed by atoms with Crippen LogP contribution in [0.4, 0.5) is 5.13 Å². The van der Waals surface area contributed by atoms with Crippen LogP contribution in [0, 0.1) is 0 Å². The van der Waals surface area contributed by atoms with Crippen molar-refractivity contribution in [1.82, 2.24) is 10.3 Å². The molecule has 0 saturated carbocycles. The van der Waals surface area contributed by atoms with E-state index in [9.17, 15) is 4.79 Å². The summed E-state index contributed by atoms with van der Waals surface area (Å²) >= 11 is 6.84. The van der Waals surface area contributed by atoms with E-state index in [2.05, 4.69) is 33.8 Å². The molecule has 1 aliphatic rings. The van der Waals surface area contributed by atoms with Crippen molar-refractivity contribution >= 4 is 50.5 Å². The molecule has 0 radical (unpaired) electrons. The molecule has 0 saturated heterocycles. The van der Waals surface area contributed by atoms with Crippen molar-refractivity contribution in [2.24, 2.45) is 0 Å². The van der Waals surface area contributed by atoms with E-state index in [1.165, 1.54) is 41.7 Å². The maximum absolute atomic E-state index is 12.8. The Bertz CT molecular complexity index is 1290. The zero-order chi connectivity index (χ0) is 21.2. The van der Waals surface area contributed by atoms with Gasteiger partial charge in [-0.1, -0.05) is 48.5 Å². The third-order valence-electron chi connectivity index (χ3n) is 5.63. The SMILES string of the molecule is O=C(NC(=S)Nc1nc(-c2ccc3c(c2)CCCC3)cs1)c1cccc2ccccc12. The quantitative estimate of drug-likeness (QED) is 0.383. The predicted molar refractivity (Wildman–Crippen MR) is 132 cm³/mol. The highest BCUT2D eigenvalue weighted by atomic mass is 32.1. The van der Waals surface area contributed by atoms with E-state index in [0.29, 0.717) is 10.7 Å². The first kappa shape index (κ1) is 19.8. The number of nitrogens with zero attached hydrogens (tertiary/aromatic N) is 1. The van der Waals surface area contributed by atoms with Gasteiger partial charge in [0.1, 0.15) is 0 Å². The van der Waals surface area contributed by atoms with Crippen molar-refractivity contribution in [2.45, 2.75) is 25.7 Å². The monoisotopic (exact) mass is 443 g/mol. The molecular weight excluding hydrogens is 422 g/mol. The molecular formula is C25H21N3OS2. The number of nitrogens with one attached hydrogen (secondary N) is 2. The Morgan fingerprint density at radius 3 is 2.68 bits per heavy atom. The number of amides is 1. The van der Waals surface area contributed by atoms with Crippen LogP contribution in [0.25, 0.3) is 22.0 Å². The molecule has 0 bridgehead atoms. The van der Waals surface area contributed by atoms with Gasteiger partial charge in [0.15, 0.2) is 10.2 Å². The van der Waals surface area contributed by atoms with Gasteiger partial charge in [-0.25, -0.2) is 4.98 Å². The molecule has 0 atom stereocenters. The topological polar surface area (TPSA) is 54.0 Å². The van der Waals surface area contributed by atoms with E-state index < -0.39 is 0 Å². The molecule has 1 heterocycles. The zero-order valence-electron chi connectivity index (χ0n) is 16.9. The Balaban J connectivity index is 1.28. The summed E-state index contributed by atoms with van der Waals surface area (Å²) in [6, 6.07) is 20.1. The first-order valence-corrected chi connectivity index (χ1v) is 11.6. The number of aryl methyl sites for hydroxylation is 2. The fourth-order valence-electron chi connectivity index (χ4n) is 4.08. The number of fused-ring (bicyclic) bond motifs is 2. The summed E-state index contributed by atoms with van der Waals surface area (Å²) in [5, 5.41) is 10.7. The molecule has 154 valence electrons. The van der Waals surface area contributed by atoms with Gasteiger partial charge in [-0.15, -0.1) is 11.3 Å². The average molecular weight is 444 g/mol. The first-order chi connectivity index (χ1) is 15.2. The van der Waals surface area contributed by atoms with Gasteiger partial charge in [-0.2, -0.15) is 0 Å². The maximum Gasteiger partial charge on any atom is 0.258 e. The highest BCUT2D eigenvalue weighted by molar-refractivity contribution is 7.80. The summed E-state index contributed by atoms with van der Waals surface area (Å²) in [7, 11) is 0. The number of rotatable bonds is 3. The smallest absolute Gasteiger partial charge is 0.258 e. The summed E-state index contributed by atoms with van der Waals surface area (Å²) in [5.41, 5.74) is 5.53. The van der Waals surface area contributed by atoms with E-state index in [-0.39, 0.29) is 11.0 Å². The lowest BCUT2D eigenvalue weighted by atomic mass is 9.90. The Kier molecular flexibility index (Phi) is 5.49. The van der Waals surface area contributed by atoms with Crippen LogP contribution in [0.2, 0.25) is 0 Å². The minimum Gasteiger partial charge on any atom is -0.308 e. The van der Waals surface area contributed by atoms with Crippen LogP contribution < -0.4 is 10.6 Å². The highest BCUT2D eigenvalue weighted by Crippen LogP contribution is 2.29. The Labute approximate surface area is 190 Å². The Morgan fingerprint density at radius 2 is 1.77 bits per heavy atom. The largest absolute Gasteiger partial charge is 0.308 e. The summed E-state index contributed by atoms with van der Waals surface area (Å²) < 4.78 is 0. The molecule has 4 aromatic rings. The molecule has 5 rings (SSSR count). The van der Waals surface area contributed by atoms with Gasteiger partial charge >= 0.3 is 0 Å². The third-order valence-corrected chi connectivity index (χ3v) is 6.59. The van der Waals surface area contributed by atoms with Crippen LogP contribution >= 0.6 is 23.6 Å². The standard InChI is InChI=1S/C25H21N3OS2/c29-23(21-11-5-9-17-7-3-4-10-20(17)21)27-24(30)28-25-26-22(15-31-25)19-13-12-16-6-1-2-8-18(16)14-19/h3-5,7,9-15H,1-2,6,8H2,(H2,26,27,28,29,30). The molecule has 3 aromatic carbocycles. The minimum absolute atomic E-state index is 0.235. The van der Waals surface area contributed by atoms with E-state index in [4.69, 9.17) is 12.2 Å². The van der Waals surface area contributed by atoms with Gasteiger partial charge < -0.3 is 5.32 Å². The summed E-state index contributed by atoms with van der Waals surface area (Å²) in [4.78, 5) is 17.4. The molecule has 31 heavy (non-hydrogen) atoms. The number of aromatic nitrogens is 1. The number of thiazole rings is 1. The molecule has 0 spiro atoms. The van der Waals surface area contributed by atoms with Crippen LogP contribution in [0.1, 0.15) is 34.3 Å². The molecule has 4 nitrogen and oxygen atoms in total. The van der Waals surface area contributed by atoms with Crippen LogP contribution in [-0.2, 0) is 12.8 Å². The van der Waals surface area contributed by atoms with Crippen molar-refractivity contribution in [2.75, 3.05) is 5.32 Å². The van der Waals surface area contributed by atoms with Gasteiger partial charge in [0.05, 0.1) is 5.69 Å². The first-order valence-electron chi connectivity index (χ1n) is 10.4. The molecule has 0 fully saturated rings. The summed E-state index contributed by atoms with van der Waals surface area (Å²) in [5.74, 6) is -0.235. The number of hydrogen-bond acceptors (Lipinski definition) is 4. The maximum atomic E-state index is 12.8. The van der Waals surface area contributed by atoms with Crippen LogP contribution in [0.5, 0.6) is 0 Å². The fraction of sp³-hybridized carbons (Fsp3) is 0.160. The number of hydrogen-bond donors (Lipinski definition) is 2. The molecule has 0 unspecified atom stereocenters. The van der Waals surface area contributed by atoms with Crippen molar-refractivity contribution in [3.05, 3.63) is 82.7 Å². The van der Waals surface area contributed by atoms with Crippen LogP contribution in [0.3, 0.4) is 0 Å². The molecule has 1 amide bonds. The highest BCUT2D eigenvalue weighted by Gasteiger charge is 2.14. The predicted octanol–water partition coefficient (Wildman–Crippen LogP) is 5.97. The molecule has 1 aliphatic carbocycles. The zero-order valence-corrected chi connectivity index (χ0v) is 18.5. The van der Waals surface area contributed by atoms with E-state index in [0.717, 1.165) is 28.5 Å². The Morgan fingerprint density at radius 1 is 0.968 bits per heavy atom. The molecule has 2 N–H and O–H groups in total. The van der Waals surface area contributed by atoms with Gasteiger partial charge in [-0.3, -0.25) is 10.1 Å². The number of thiocarbonyl (C=S) groups is 1. The second-order valence-corrected chi connectivity index (χ2v) is 8.93. The lowest BCUT2D eigenvalue weighted by molar-refractivity contribution is 0.0979. The normalized spacial score (nSPS) is 12.9. The number of benzene rings is 3. The molecule has 0 aliphatic heterocycles. The van der Waals surface area contributed by atoms with Crippen molar-refractivity contribution in [3.8, 4) is 11.3 Å². The van der Waals surface area contributed by atoms with Crippen LogP contribution in [0.15, 0.2) is 66.0 Å². The minimum atomic E-state index is -0.235. The van der Waals surface area contributed by atoms with Gasteiger partial charge in [0.25, 0.3) is 5.91 Å². The van der Waals surface area contributed by atoms with Crippen LogP contribution in [-0.4, -0.2) is 16.0 Å². The van der Waals surface area contributed by atoms with Gasteiger partial charge in [-0.05, 0) is 71.9 Å². The Hall–Kier alpha value is -3.09. The third kappa shape index (κ3) is 4.22.